The van der Waals surface area contributed by atoms with E-state index < -0.39 is 15.8 Å². The molecule has 3 N–H and O–H groups in total. The Labute approximate surface area is 112 Å². The molecule has 0 saturated carbocycles. The van der Waals surface area contributed by atoms with Crippen molar-refractivity contribution in [3.8, 4) is 0 Å². The van der Waals surface area contributed by atoms with Crippen LogP contribution in [-0.2, 0) is 10.0 Å². The Balaban J connectivity index is 2.09. The topological polar surface area (TPSA) is 75.4 Å². The summed E-state index contributed by atoms with van der Waals surface area (Å²) in [6, 6.07) is 3.74. The third-order valence-electron chi connectivity index (χ3n) is 3.43. The van der Waals surface area contributed by atoms with E-state index in [1.54, 1.807) is 0 Å². The molecule has 1 unspecified atom stereocenters. The van der Waals surface area contributed by atoms with E-state index in [0.29, 0.717) is 6.54 Å². The average Bonchev–Trinajstić information content (AvgIpc) is 2.72. The third-order valence-corrected chi connectivity index (χ3v) is 4.88. The maximum atomic E-state index is 13.6. The van der Waals surface area contributed by atoms with E-state index in [0.717, 1.165) is 25.5 Å². The summed E-state index contributed by atoms with van der Waals surface area (Å²) in [6.07, 6.45) is 2.00. The summed E-state index contributed by atoms with van der Waals surface area (Å²) in [5.74, 6) is -0.827. The Hall–Kier alpha value is -1.18. The van der Waals surface area contributed by atoms with Crippen LogP contribution in [0.15, 0.2) is 23.1 Å². The largest absolute Gasteiger partial charge is 0.399 e. The Kier molecular flexibility index (Phi) is 4.07. The first-order valence-electron chi connectivity index (χ1n) is 6.15. The lowest BCUT2D eigenvalue weighted by atomic mass is 10.2. The molecule has 1 aliphatic rings. The minimum atomic E-state index is -3.83. The zero-order chi connectivity index (χ0) is 14.0. The summed E-state index contributed by atoms with van der Waals surface area (Å²) in [5.41, 5.74) is 5.60. The van der Waals surface area contributed by atoms with Gasteiger partial charge in [0.1, 0.15) is 10.7 Å². The Morgan fingerprint density at radius 3 is 2.84 bits per heavy atom. The molecule has 19 heavy (non-hydrogen) atoms. The number of nitrogens with two attached hydrogens (primary N) is 1. The van der Waals surface area contributed by atoms with Crippen LogP contribution in [0, 0.1) is 5.82 Å². The molecule has 1 aromatic rings. The molecular weight excluding hydrogens is 269 g/mol. The molecular formula is C12H18FN3O2S. The van der Waals surface area contributed by atoms with Crippen LogP contribution >= 0.6 is 0 Å². The van der Waals surface area contributed by atoms with Crippen LogP contribution in [0.1, 0.15) is 12.8 Å². The maximum absolute atomic E-state index is 13.6. The van der Waals surface area contributed by atoms with E-state index >= 15 is 0 Å². The van der Waals surface area contributed by atoms with Crippen LogP contribution < -0.4 is 10.5 Å². The van der Waals surface area contributed by atoms with Gasteiger partial charge in [0.2, 0.25) is 10.0 Å². The van der Waals surface area contributed by atoms with Crippen molar-refractivity contribution >= 4 is 15.7 Å². The Morgan fingerprint density at radius 1 is 1.53 bits per heavy atom. The zero-order valence-electron chi connectivity index (χ0n) is 10.8. The summed E-state index contributed by atoms with van der Waals surface area (Å²) in [5, 5.41) is 0. The minimum Gasteiger partial charge on any atom is -0.399 e. The van der Waals surface area contributed by atoms with Gasteiger partial charge in [-0.3, -0.25) is 0 Å². The lowest BCUT2D eigenvalue weighted by Gasteiger charge is -2.19. The average molecular weight is 287 g/mol. The van der Waals surface area contributed by atoms with Crippen molar-refractivity contribution in [3.05, 3.63) is 24.0 Å². The summed E-state index contributed by atoms with van der Waals surface area (Å²) in [6.45, 7) is 1.26. The van der Waals surface area contributed by atoms with Gasteiger partial charge in [-0.25, -0.2) is 17.5 Å². The van der Waals surface area contributed by atoms with Gasteiger partial charge in [-0.2, -0.15) is 0 Å². The molecule has 0 aromatic heterocycles. The van der Waals surface area contributed by atoms with Crippen LogP contribution in [0.3, 0.4) is 0 Å². The highest BCUT2D eigenvalue weighted by atomic mass is 32.2. The van der Waals surface area contributed by atoms with Crippen molar-refractivity contribution in [2.24, 2.45) is 0 Å². The number of hydrogen-bond acceptors (Lipinski definition) is 4. The number of sulfonamides is 1. The maximum Gasteiger partial charge on any atom is 0.243 e. The molecule has 1 aliphatic heterocycles. The summed E-state index contributed by atoms with van der Waals surface area (Å²) < 4.78 is 40.1. The summed E-state index contributed by atoms with van der Waals surface area (Å²) in [4.78, 5) is 1.74. The van der Waals surface area contributed by atoms with Gasteiger partial charge in [-0.1, -0.05) is 0 Å². The van der Waals surface area contributed by atoms with Crippen molar-refractivity contribution in [1.29, 1.82) is 0 Å². The van der Waals surface area contributed by atoms with Crippen molar-refractivity contribution in [2.75, 3.05) is 25.9 Å². The highest BCUT2D eigenvalue weighted by molar-refractivity contribution is 7.89. The number of nitrogens with one attached hydrogen (secondary N) is 1. The van der Waals surface area contributed by atoms with Gasteiger partial charge in [0.25, 0.3) is 0 Å². The van der Waals surface area contributed by atoms with E-state index in [9.17, 15) is 12.8 Å². The van der Waals surface area contributed by atoms with Gasteiger partial charge in [-0.15, -0.1) is 0 Å². The lowest BCUT2D eigenvalue weighted by Crippen LogP contribution is -2.38. The smallest absolute Gasteiger partial charge is 0.243 e. The molecule has 1 aromatic carbocycles. The first-order chi connectivity index (χ1) is 8.90. The number of halogens is 1. The fraction of sp³-hybridized carbons (Fsp3) is 0.500. The number of benzene rings is 1. The molecule has 7 heteroatoms. The standard InChI is InChI=1S/C12H18FN3O2S/c1-16-6-2-3-10(16)8-15-19(17,18)12-5-4-9(14)7-11(12)13/h4-5,7,10,15H,2-3,6,8,14H2,1H3. The van der Waals surface area contributed by atoms with Crippen LogP contribution in [0.2, 0.25) is 0 Å². The second-order valence-electron chi connectivity index (χ2n) is 4.82. The number of nitrogens with zero attached hydrogens (tertiary/aromatic N) is 1. The second kappa shape index (κ2) is 5.44. The summed E-state index contributed by atoms with van der Waals surface area (Å²) >= 11 is 0. The van der Waals surface area contributed by atoms with Crippen LogP contribution in [0.4, 0.5) is 10.1 Å². The van der Waals surface area contributed by atoms with Crippen molar-refractivity contribution in [1.82, 2.24) is 9.62 Å². The molecule has 1 atom stereocenters. The van der Waals surface area contributed by atoms with Crippen LogP contribution in [0.5, 0.6) is 0 Å². The second-order valence-corrected chi connectivity index (χ2v) is 6.55. The first kappa shape index (κ1) is 14.2. The van der Waals surface area contributed by atoms with Crippen molar-refractivity contribution < 1.29 is 12.8 Å². The SMILES string of the molecule is CN1CCCC1CNS(=O)(=O)c1ccc(N)cc1F. The van der Waals surface area contributed by atoms with E-state index in [2.05, 4.69) is 9.62 Å². The molecule has 0 bridgehead atoms. The molecule has 0 amide bonds. The van der Waals surface area contributed by atoms with Crippen molar-refractivity contribution in [2.45, 2.75) is 23.8 Å². The first-order valence-corrected chi connectivity index (χ1v) is 7.63. The number of anilines is 1. The number of likely N-dealkylation sites (tertiary alicyclic amines) is 1. The van der Waals surface area contributed by atoms with Gasteiger partial charge >= 0.3 is 0 Å². The van der Waals surface area contributed by atoms with Gasteiger partial charge in [-0.05, 0) is 44.6 Å². The molecule has 0 aliphatic carbocycles. The highest BCUT2D eigenvalue weighted by Crippen LogP contribution is 2.18. The number of hydrogen-bond donors (Lipinski definition) is 2. The molecule has 1 heterocycles. The molecule has 106 valence electrons. The molecule has 1 fully saturated rings. The van der Waals surface area contributed by atoms with E-state index in [1.807, 2.05) is 7.05 Å². The van der Waals surface area contributed by atoms with Crippen LogP contribution in [0.25, 0.3) is 0 Å². The predicted molar refractivity (Wildman–Crippen MR) is 71.7 cm³/mol. The van der Waals surface area contributed by atoms with E-state index in [1.165, 1.54) is 12.1 Å². The molecule has 5 nitrogen and oxygen atoms in total. The molecule has 2 rings (SSSR count). The fourth-order valence-corrected chi connectivity index (χ4v) is 3.39. The fourth-order valence-electron chi connectivity index (χ4n) is 2.26. The van der Waals surface area contributed by atoms with Gasteiger partial charge in [0.05, 0.1) is 0 Å². The summed E-state index contributed by atoms with van der Waals surface area (Å²) in [7, 11) is -1.87. The highest BCUT2D eigenvalue weighted by Gasteiger charge is 2.24. The Bertz CT molecular complexity index is 562. The van der Waals surface area contributed by atoms with Gasteiger partial charge < -0.3 is 10.6 Å². The Morgan fingerprint density at radius 2 is 2.26 bits per heavy atom. The van der Waals surface area contributed by atoms with E-state index in [-0.39, 0.29) is 16.6 Å². The lowest BCUT2D eigenvalue weighted by molar-refractivity contribution is 0.310. The number of nitrogen functional groups attached to an aromatic ring is 1. The number of rotatable bonds is 4. The van der Waals surface area contributed by atoms with Gasteiger partial charge in [0, 0.05) is 18.3 Å². The van der Waals surface area contributed by atoms with Gasteiger partial charge in [0.15, 0.2) is 0 Å². The zero-order valence-corrected chi connectivity index (χ0v) is 11.6. The van der Waals surface area contributed by atoms with E-state index in [4.69, 9.17) is 5.73 Å². The molecule has 0 radical (unpaired) electrons. The van der Waals surface area contributed by atoms with Crippen LogP contribution in [-0.4, -0.2) is 39.5 Å². The molecule has 1 saturated heterocycles. The predicted octanol–water partition coefficient (Wildman–Crippen LogP) is 0.780. The van der Waals surface area contributed by atoms with Crippen molar-refractivity contribution in [3.63, 3.8) is 0 Å². The third kappa shape index (κ3) is 3.23. The number of likely N-dealkylation sites (N-methyl/N-ethyl adjacent to an activating group) is 1. The molecule has 0 spiro atoms. The monoisotopic (exact) mass is 287 g/mol. The minimum absolute atomic E-state index is 0.173. The normalized spacial score (nSPS) is 20.8. The quantitative estimate of drug-likeness (QED) is 0.803.